The van der Waals surface area contributed by atoms with Crippen LogP contribution in [-0.4, -0.2) is 26.1 Å². The fourth-order valence-electron chi connectivity index (χ4n) is 2.84. The number of aromatic hydroxyl groups is 1. The summed E-state index contributed by atoms with van der Waals surface area (Å²) in [5.41, 5.74) is 6.27. The molecule has 0 spiro atoms. The molecule has 0 fully saturated rings. The third-order valence-corrected chi connectivity index (χ3v) is 4.16. The van der Waals surface area contributed by atoms with Gasteiger partial charge >= 0.3 is 0 Å². The highest BCUT2D eigenvalue weighted by Crippen LogP contribution is 2.42. The molecule has 0 bridgehead atoms. The van der Waals surface area contributed by atoms with E-state index in [0.29, 0.717) is 22.6 Å². The number of rotatable bonds is 3. The highest BCUT2D eigenvalue weighted by atomic mass is 16.7. The molecule has 0 radical (unpaired) electrons. The summed E-state index contributed by atoms with van der Waals surface area (Å²) >= 11 is 0. The van der Waals surface area contributed by atoms with Crippen LogP contribution >= 0.6 is 0 Å². The van der Waals surface area contributed by atoms with E-state index < -0.39 is 5.43 Å². The quantitative estimate of drug-likeness (QED) is 0.735. The van der Waals surface area contributed by atoms with Gasteiger partial charge in [-0.05, 0) is 18.2 Å². The van der Waals surface area contributed by atoms with E-state index in [2.05, 4.69) is 0 Å². The lowest BCUT2D eigenvalue weighted by molar-refractivity contribution is 0.174. The summed E-state index contributed by atoms with van der Waals surface area (Å²) in [4.78, 5) is 12.7. The number of nitrogen functional groups attached to an aromatic ring is 1. The first kappa shape index (κ1) is 15.9. The van der Waals surface area contributed by atoms with Crippen LogP contribution in [0.5, 0.6) is 28.7 Å². The first-order valence-electron chi connectivity index (χ1n) is 7.64. The molecule has 0 atom stereocenters. The monoisotopic (exact) mass is 357 g/mol. The maximum Gasteiger partial charge on any atom is 0.231 e. The second-order valence-corrected chi connectivity index (χ2v) is 5.60. The van der Waals surface area contributed by atoms with Gasteiger partial charge in [-0.1, -0.05) is 0 Å². The summed E-state index contributed by atoms with van der Waals surface area (Å²) in [5.74, 6) is 1.24. The predicted octanol–water partition coefficient (Wildman–Crippen LogP) is 2.49. The van der Waals surface area contributed by atoms with Crippen molar-refractivity contribution in [3.8, 4) is 40.1 Å². The van der Waals surface area contributed by atoms with Crippen LogP contribution in [0.1, 0.15) is 0 Å². The molecule has 134 valence electrons. The van der Waals surface area contributed by atoms with Gasteiger partial charge in [-0.15, -0.1) is 0 Å². The predicted molar refractivity (Wildman–Crippen MR) is 93.2 cm³/mol. The van der Waals surface area contributed by atoms with Gasteiger partial charge in [0, 0.05) is 11.6 Å². The van der Waals surface area contributed by atoms with Crippen LogP contribution in [0.4, 0.5) is 5.69 Å². The number of benzene rings is 2. The minimum Gasteiger partial charge on any atom is -0.502 e. The zero-order chi connectivity index (χ0) is 18.4. The van der Waals surface area contributed by atoms with Crippen LogP contribution in [0.15, 0.2) is 33.5 Å². The van der Waals surface area contributed by atoms with Crippen LogP contribution in [0, 0.1) is 0 Å². The Morgan fingerprint density at radius 2 is 1.65 bits per heavy atom. The average Bonchev–Trinajstić information content (AvgIpc) is 3.11. The Kier molecular flexibility index (Phi) is 3.54. The lowest BCUT2D eigenvalue weighted by Crippen LogP contribution is -2.10. The number of methoxy groups -OCH3 is 2. The molecular formula is C18H15NO7. The van der Waals surface area contributed by atoms with Crippen molar-refractivity contribution in [2.75, 3.05) is 26.7 Å². The number of hydrogen-bond donors (Lipinski definition) is 2. The van der Waals surface area contributed by atoms with Gasteiger partial charge in [-0.3, -0.25) is 4.79 Å². The molecule has 2 aromatic carbocycles. The molecule has 0 unspecified atom stereocenters. The molecule has 1 aromatic heterocycles. The molecule has 26 heavy (non-hydrogen) atoms. The van der Waals surface area contributed by atoms with Crippen molar-refractivity contribution in [1.82, 2.24) is 0 Å². The van der Waals surface area contributed by atoms with E-state index in [9.17, 15) is 9.90 Å². The summed E-state index contributed by atoms with van der Waals surface area (Å²) in [6, 6.07) is 6.13. The summed E-state index contributed by atoms with van der Waals surface area (Å²) in [5, 5.41) is 10.3. The minimum atomic E-state index is -0.398. The number of anilines is 1. The van der Waals surface area contributed by atoms with Gasteiger partial charge in [0.25, 0.3) is 0 Å². The Hall–Kier alpha value is -3.55. The Bertz CT molecular complexity index is 1060. The smallest absolute Gasteiger partial charge is 0.231 e. The highest BCUT2D eigenvalue weighted by Gasteiger charge is 2.21. The highest BCUT2D eigenvalue weighted by molar-refractivity contribution is 5.88. The van der Waals surface area contributed by atoms with Crippen molar-refractivity contribution < 1.29 is 28.5 Å². The van der Waals surface area contributed by atoms with Crippen LogP contribution < -0.4 is 30.1 Å². The third-order valence-electron chi connectivity index (χ3n) is 4.16. The largest absolute Gasteiger partial charge is 0.502 e. The van der Waals surface area contributed by atoms with E-state index in [-0.39, 0.29) is 40.9 Å². The minimum absolute atomic E-state index is 0.0776. The van der Waals surface area contributed by atoms with Gasteiger partial charge in [0.15, 0.2) is 28.8 Å². The van der Waals surface area contributed by atoms with Crippen LogP contribution in [0.3, 0.4) is 0 Å². The Labute approximate surface area is 147 Å². The molecule has 1 aliphatic heterocycles. The Morgan fingerprint density at radius 3 is 2.27 bits per heavy atom. The topological polar surface area (TPSA) is 113 Å². The number of fused-ring (bicyclic) bond motifs is 2. The zero-order valence-electron chi connectivity index (χ0n) is 14.0. The van der Waals surface area contributed by atoms with Crippen molar-refractivity contribution in [1.29, 1.82) is 0 Å². The first-order valence-corrected chi connectivity index (χ1v) is 7.64. The van der Waals surface area contributed by atoms with Crippen LogP contribution in [0.2, 0.25) is 0 Å². The molecule has 8 heteroatoms. The number of phenolic OH excluding ortho intramolecular Hbond substituents is 1. The van der Waals surface area contributed by atoms with E-state index >= 15 is 0 Å². The van der Waals surface area contributed by atoms with Crippen molar-refractivity contribution in [2.45, 2.75) is 0 Å². The second kappa shape index (κ2) is 5.76. The summed E-state index contributed by atoms with van der Waals surface area (Å²) < 4.78 is 26.8. The van der Waals surface area contributed by atoms with E-state index in [1.54, 1.807) is 12.1 Å². The van der Waals surface area contributed by atoms with Crippen molar-refractivity contribution in [3.63, 3.8) is 0 Å². The van der Waals surface area contributed by atoms with Crippen LogP contribution in [0.25, 0.3) is 22.3 Å². The fraction of sp³-hybridized carbons (Fsp3) is 0.167. The van der Waals surface area contributed by atoms with Crippen molar-refractivity contribution in [3.05, 3.63) is 34.5 Å². The Morgan fingerprint density at radius 1 is 1.04 bits per heavy atom. The molecule has 1 aliphatic rings. The van der Waals surface area contributed by atoms with E-state index in [1.807, 2.05) is 0 Å². The van der Waals surface area contributed by atoms with Gasteiger partial charge in [-0.2, -0.15) is 0 Å². The van der Waals surface area contributed by atoms with Crippen molar-refractivity contribution >= 4 is 16.7 Å². The molecule has 4 rings (SSSR count). The van der Waals surface area contributed by atoms with E-state index in [4.69, 9.17) is 29.1 Å². The fourth-order valence-corrected chi connectivity index (χ4v) is 2.84. The average molecular weight is 357 g/mol. The van der Waals surface area contributed by atoms with E-state index in [0.717, 1.165) is 0 Å². The molecule has 8 nitrogen and oxygen atoms in total. The summed E-state index contributed by atoms with van der Waals surface area (Å²) in [6.07, 6.45) is 0. The van der Waals surface area contributed by atoms with Gasteiger partial charge in [0.1, 0.15) is 11.3 Å². The Balaban J connectivity index is 1.99. The van der Waals surface area contributed by atoms with Gasteiger partial charge in [0.05, 0.1) is 19.6 Å². The SMILES string of the molecule is COc1cc(-c2oc3cc4c(cc3c(=O)c2N)OCO4)cc(OC)c1O. The maximum absolute atomic E-state index is 12.7. The van der Waals surface area contributed by atoms with Gasteiger partial charge < -0.3 is 34.2 Å². The zero-order valence-corrected chi connectivity index (χ0v) is 14.0. The molecule has 0 aliphatic carbocycles. The normalized spacial score (nSPS) is 12.4. The van der Waals surface area contributed by atoms with Crippen molar-refractivity contribution in [2.24, 2.45) is 0 Å². The van der Waals surface area contributed by atoms with E-state index in [1.165, 1.54) is 26.4 Å². The number of ether oxygens (including phenoxy) is 4. The molecule has 0 saturated carbocycles. The molecular weight excluding hydrogens is 342 g/mol. The molecule has 2 heterocycles. The third kappa shape index (κ3) is 2.26. The summed E-state index contributed by atoms with van der Waals surface area (Å²) in [6.45, 7) is 0.0779. The maximum atomic E-state index is 12.7. The second-order valence-electron chi connectivity index (χ2n) is 5.60. The van der Waals surface area contributed by atoms with Crippen LogP contribution in [-0.2, 0) is 0 Å². The number of nitrogens with two attached hydrogens (primary N) is 1. The first-order chi connectivity index (χ1) is 12.5. The summed E-state index contributed by atoms with van der Waals surface area (Å²) in [7, 11) is 2.80. The number of phenols is 1. The molecule has 3 aromatic rings. The van der Waals surface area contributed by atoms with Gasteiger partial charge in [-0.25, -0.2) is 0 Å². The molecule has 3 N–H and O–H groups in total. The lowest BCUT2D eigenvalue weighted by Gasteiger charge is -2.12. The lowest BCUT2D eigenvalue weighted by atomic mass is 10.1. The van der Waals surface area contributed by atoms with Gasteiger partial charge in [0.2, 0.25) is 18.0 Å². The number of hydrogen-bond acceptors (Lipinski definition) is 8. The standard InChI is InChI=1S/C18H15NO7/c1-22-13-3-8(4-14(23-2)17(13)21)18-15(19)16(20)9-5-11-12(25-7-24-11)6-10(9)26-18/h3-6,21H,7,19H2,1-2H3. The molecule has 0 saturated heterocycles. The molecule has 0 amide bonds.